The molecule has 0 saturated heterocycles. The summed E-state index contributed by atoms with van der Waals surface area (Å²) in [5, 5.41) is 4.95. The van der Waals surface area contributed by atoms with Crippen molar-refractivity contribution in [2.75, 3.05) is 12.0 Å². The van der Waals surface area contributed by atoms with Crippen molar-refractivity contribution in [2.45, 2.75) is 25.2 Å². The maximum absolute atomic E-state index is 13.6. The number of hydrogen-bond donors (Lipinski definition) is 0. The first-order chi connectivity index (χ1) is 20.1. The third kappa shape index (κ3) is 4.85. The van der Waals surface area contributed by atoms with Crippen molar-refractivity contribution in [2.24, 2.45) is 0 Å². The average Bonchev–Trinajstić information content (AvgIpc) is 3.06. The van der Waals surface area contributed by atoms with Crippen LogP contribution in [-0.2, 0) is 21.2 Å². The van der Waals surface area contributed by atoms with E-state index < -0.39 is 6.83 Å². The van der Waals surface area contributed by atoms with Crippen LogP contribution in [-0.4, -0.2) is 13.0 Å². The molecule has 208 valence electrons. The van der Waals surface area contributed by atoms with E-state index in [1.165, 1.54) is 0 Å². The Bertz CT molecular complexity index is 1500. The molecule has 1 amide bonds. The number of benzene rings is 5. The van der Waals surface area contributed by atoms with Crippen LogP contribution in [0.1, 0.15) is 24.5 Å². The van der Waals surface area contributed by atoms with Crippen LogP contribution >= 0.6 is 22.8 Å². The maximum atomic E-state index is 13.6. The van der Waals surface area contributed by atoms with Gasteiger partial charge in [-0.2, -0.15) is 0 Å². The second-order valence-electron chi connectivity index (χ2n) is 9.95. The molecule has 3 nitrogen and oxygen atoms in total. The molecule has 0 N–H and O–H groups in total. The number of carbonyl (C=O) groups excluding carboxylic acids is 1. The molecule has 0 radical (unpaired) electrons. The van der Waals surface area contributed by atoms with E-state index in [4.69, 9.17) is 4.52 Å². The topological polar surface area (TPSA) is 29.5 Å². The van der Waals surface area contributed by atoms with E-state index in [9.17, 15) is 4.79 Å². The molecule has 0 saturated carbocycles. The zero-order valence-corrected chi connectivity index (χ0v) is 26.0. The minimum atomic E-state index is -3.81. The van der Waals surface area contributed by atoms with Gasteiger partial charge in [-0.05, 0) is 0 Å². The van der Waals surface area contributed by atoms with E-state index in [-0.39, 0.29) is 5.91 Å². The number of carbonyl (C=O) groups is 1. The Morgan fingerprint density at radius 1 is 0.683 bits per heavy atom. The molecule has 41 heavy (non-hydrogen) atoms. The normalized spacial score (nSPS) is 12.3. The molecule has 0 heterocycles. The molecule has 0 bridgehead atoms. The van der Waals surface area contributed by atoms with Gasteiger partial charge in [-0.25, -0.2) is 0 Å². The zero-order chi connectivity index (χ0) is 28.7. The molecule has 5 rings (SSSR count). The van der Waals surface area contributed by atoms with E-state index in [1.54, 1.807) is 0 Å². The fraction of sp³-hybridized carbons (Fsp3) is 0.139. The van der Waals surface area contributed by atoms with Crippen LogP contribution in [0.25, 0.3) is 0 Å². The third-order valence-corrected chi connectivity index (χ3v) is 14.4. The molecule has 0 unspecified atom stereocenters. The van der Waals surface area contributed by atoms with Gasteiger partial charge in [0.2, 0.25) is 0 Å². The third-order valence-electron chi connectivity index (χ3n) is 7.91. The predicted octanol–water partition coefficient (Wildman–Crippen LogP) is 7.24. The summed E-state index contributed by atoms with van der Waals surface area (Å²) in [7, 11) is 1.84. The SMILES string of the molecule is CCC(=O)N(Cc1ccccc1)c1cccc(P(OC)(c2ccccc2)(c2ccccc2)c2ccccc2)c1CBr. The van der Waals surface area contributed by atoms with Gasteiger partial charge in [0.1, 0.15) is 0 Å². The Balaban J connectivity index is 1.93. The Labute approximate surface area is 252 Å². The van der Waals surface area contributed by atoms with E-state index in [1.807, 2.05) is 55.3 Å². The molecule has 0 atom stereocenters. The van der Waals surface area contributed by atoms with Crippen LogP contribution in [0, 0.1) is 0 Å². The summed E-state index contributed by atoms with van der Waals surface area (Å²) in [4.78, 5) is 15.5. The van der Waals surface area contributed by atoms with Crippen molar-refractivity contribution in [1.29, 1.82) is 0 Å². The van der Waals surface area contributed by atoms with Crippen molar-refractivity contribution in [3.8, 4) is 0 Å². The summed E-state index contributed by atoms with van der Waals surface area (Å²) in [5.41, 5.74) is 3.02. The van der Waals surface area contributed by atoms with Crippen LogP contribution in [0.15, 0.2) is 140 Å². The Kier molecular flexibility index (Phi) is 8.85. The van der Waals surface area contributed by atoms with Gasteiger partial charge in [0.05, 0.1) is 0 Å². The molecule has 5 heteroatoms. The van der Waals surface area contributed by atoms with Gasteiger partial charge >= 0.3 is 253 Å². The van der Waals surface area contributed by atoms with Gasteiger partial charge in [-0.15, -0.1) is 0 Å². The molecule has 5 aromatic carbocycles. The van der Waals surface area contributed by atoms with E-state index in [2.05, 4.69) is 119 Å². The molecule has 0 aromatic heterocycles. The van der Waals surface area contributed by atoms with Crippen LogP contribution in [0.5, 0.6) is 0 Å². The first-order valence-corrected chi connectivity index (χ1v) is 17.2. The first-order valence-electron chi connectivity index (χ1n) is 13.9. The van der Waals surface area contributed by atoms with Crippen molar-refractivity contribution < 1.29 is 9.32 Å². The number of hydrogen-bond acceptors (Lipinski definition) is 2. The monoisotopic (exact) mass is 623 g/mol. The van der Waals surface area contributed by atoms with Crippen LogP contribution in [0.4, 0.5) is 5.69 Å². The second-order valence-corrected chi connectivity index (χ2v) is 15.0. The molecule has 0 aliphatic rings. The van der Waals surface area contributed by atoms with Gasteiger partial charge in [-0.1, -0.05) is 0 Å². The van der Waals surface area contributed by atoms with E-state index >= 15 is 0 Å². The summed E-state index contributed by atoms with van der Waals surface area (Å²) >= 11 is 3.87. The zero-order valence-electron chi connectivity index (χ0n) is 23.5. The van der Waals surface area contributed by atoms with Crippen LogP contribution in [0.3, 0.4) is 0 Å². The first kappa shape index (κ1) is 29.0. The van der Waals surface area contributed by atoms with Gasteiger partial charge < -0.3 is 0 Å². The number of amides is 1. The van der Waals surface area contributed by atoms with Crippen molar-refractivity contribution in [3.05, 3.63) is 151 Å². The summed E-state index contributed by atoms with van der Waals surface area (Å²) in [6.45, 7) is -1.40. The summed E-state index contributed by atoms with van der Waals surface area (Å²) in [6.07, 6.45) is 0.405. The molecule has 0 aliphatic heterocycles. The number of halogens is 1. The summed E-state index contributed by atoms with van der Waals surface area (Å²) in [6, 6.07) is 48.3. The predicted molar refractivity (Wildman–Crippen MR) is 179 cm³/mol. The van der Waals surface area contributed by atoms with Crippen molar-refractivity contribution in [1.82, 2.24) is 0 Å². The van der Waals surface area contributed by atoms with Gasteiger partial charge in [0, 0.05) is 0 Å². The minimum absolute atomic E-state index is 0.0741. The van der Waals surface area contributed by atoms with E-state index in [0.29, 0.717) is 18.3 Å². The number of nitrogens with zero attached hydrogens (tertiary/aromatic N) is 1. The molecule has 0 aliphatic carbocycles. The Morgan fingerprint density at radius 2 is 1.15 bits per heavy atom. The fourth-order valence-electron chi connectivity index (χ4n) is 6.03. The summed E-state index contributed by atoms with van der Waals surface area (Å²) < 4.78 is 7.16. The summed E-state index contributed by atoms with van der Waals surface area (Å²) in [5.74, 6) is 0.0741. The van der Waals surface area contributed by atoms with Crippen LogP contribution in [0.2, 0.25) is 0 Å². The van der Waals surface area contributed by atoms with Gasteiger partial charge in [0.25, 0.3) is 0 Å². The van der Waals surface area contributed by atoms with Gasteiger partial charge in [0.15, 0.2) is 0 Å². The number of rotatable bonds is 10. The molecule has 0 fully saturated rings. The Hall–Kier alpha value is -3.56. The standard InChI is InChI=1S/C36H35BrNO2P/c1-3-36(39)38(28-29-17-8-4-9-18-29)34-25-16-26-35(33(34)27-37)41(40-2,30-19-10-5-11-20-30,31-21-12-6-13-22-31)32-23-14-7-15-24-32/h4-26H,3,27-28H2,1-2H3. The van der Waals surface area contributed by atoms with Crippen LogP contribution < -0.4 is 26.1 Å². The molecule has 0 spiro atoms. The average molecular weight is 625 g/mol. The Morgan fingerprint density at radius 3 is 1.56 bits per heavy atom. The fourth-order valence-corrected chi connectivity index (χ4v) is 12.7. The quantitative estimate of drug-likeness (QED) is 0.121. The number of alkyl halides is 1. The molecule has 5 aromatic rings. The van der Waals surface area contributed by atoms with Gasteiger partial charge in [-0.3, -0.25) is 0 Å². The van der Waals surface area contributed by atoms with E-state index in [0.717, 1.165) is 38.0 Å². The number of anilines is 1. The second kappa shape index (κ2) is 12.5. The van der Waals surface area contributed by atoms with Crippen molar-refractivity contribution >= 4 is 55.6 Å². The molecular formula is C36H35BrNO2P. The molecular weight excluding hydrogens is 589 g/mol. The van der Waals surface area contributed by atoms with Crippen molar-refractivity contribution in [3.63, 3.8) is 0 Å².